The molecule has 0 spiro atoms. The number of methoxy groups -OCH3 is 1. The SMILES string of the molecule is COc1ccc(Cl)cc1NC(=O)CC(=O)Nc1cccc(Br)c1. The average Bonchev–Trinajstić information content (AvgIpc) is 2.47. The predicted octanol–water partition coefficient (Wildman–Crippen LogP) is 4.08. The van der Waals surface area contributed by atoms with Crippen molar-refractivity contribution in [2.24, 2.45) is 0 Å². The third-order valence-corrected chi connectivity index (χ3v) is 3.59. The fraction of sp³-hybridized carbons (Fsp3) is 0.125. The Kier molecular flexibility index (Phi) is 6.01. The molecule has 0 heterocycles. The standard InChI is InChI=1S/C16H14BrClN2O3/c1-23-14-6-5-11(18)8-13(14)20-16(22)9-15(21)19-12-4-2-3-10(17)7-12/h2-8H,9H2,1H3,(H,19,21)(H,20,22). The highest BCUT2D eigenvalue weighted by Crippen LogP contribution is 2.27. The molecule has 0 saturated heterocycles. The second-order valence-electron chi connectivity index (χ2n) is 4.63. The number of nitrogens with one attached hydrogen (secondary N) is 2. The molecule has 0 aliphatic carbocycles. The van der Waals surface area contributed by atoms with Gasteiger partial charge in [0.25, 0.3) is 0 Å². The summed E-state index contributed by atoms with van der Waals surface area (Å²) in [6.07, 6.45) is -0.317. The first-order valence-electron chi connectivity index (χ1n) is 6.67. The summed E-state index contributed by atoms with van der Waals surface area (Å²) in [5.41, 5.74) is 1.03. The quantitative estimate of drug-likeness (QED) is 0.747. The van der Waals surface area contributed by atoms with Crippen molar-refractivity contribution >= 4 is 50.7 Å². The molecule has 0 bridgehead atoms. The average molecular weight is 398 g/mol. The summed E-state index contributed by atoms with van der Waals surface area (Å²) in [5.74, 6) is -0.408. The molecule has 2 aromatic rings. The van der Waals surface area contributed by atoms with Gasteiger partial charge in [0.1, 0.15) is 12.2 Å². The first-order valence-corrected chi connectivity index (χ1v) is 7.84. The smallest absolute Gasteiger partial charge is 0.233 e. The van der Waals surface area contributed by atoms with Crippen molar-refractivity contribution in [3.8, 4) is 5.75 Å². The molecular weight excluding hydrogens is 384 g/mol. The molecular formula is C16H14BrClN2O3. The number of carbonyl (C=O) groups excluding carboxylic acids is 2. The number of hydrogen-bond donors (Lipinski definition) is 2. The molecule has 2 N–H and O–H groups in total. The maximum Gasteiger partial charge on any atom is 0.233 e. The summed E-state index contributed by atoms with van der Waals surface area (Å²) in [4.78, 5) is 23.9. The predicted molar refractivity (Wildman–Crippen MR) is 94.0 cm³/mol. The molecule has 0 atom stereocenters. The molecule has 0 aromatic heterocycles. The molecule has 2 aromatic carbocycles. The molecule has 2 amide bonds. The van der Waals surface area contributed by atoms with Crippen LogP contribution in [0.25, 0.3) is 0 Å². The molecule has 0 radical (unpaired) electrons. The Morgan fingerprint density at radius 1 is 1.13 bits per heavy atom. The number of anilines is 2. The Balaban J connectivity index is 1.97. The van der Waals surface area contributed by atoms with Crippen molar-refractivity contribution in [1.82, 2.24) is 0 Å². The second kappa shape index (κ2) is 7.99. The van der Waals surface area contributed by atoms with E-state index in [4.69, 9.17) is 16.3 Å². The van der Waals surface area contributed by atoms with Crippen molar-refractivity contribution in [3.63, 3.8) is 0 Å². The van der Waals surface area contributed by atoms with Gasteiger partial charge in [0.2, 0.25) is 11.8 Å². The molecule has 23 heavy (non-hydrogen) atoms. The molecule has 2 rings (SSSR count). The number of amides is 2. The van der Waals surface area contributed by atoms with E-state index in [1.54, 1.807) is 36.4 Å². The third kappa shape index (κ3) is 5.26. The van der Waals surface area contributed by atoms with Crippen molar-refractivity contribution in [2.45, 2.75) is 6.42 Å². The Hall–Kier alpha value is -2.05. The number of carbonyl (C=O) groups is 2. The Morgan fingerprint density at radius 2 is 1.87 bits per heavy atom. The van der Waals surface area contributed by atoms with Gasteiger partial charge in [-0.05, 0) is 36.4 Å². The van der Waals surface area contributed by atoms with Gasteiger partial charge in [-0.15, -0.1) is 0 Å². The molecule has 120 valence electrons. The van der Waals surface area contributed by atoms with Gasteiger partial charge in [-0.1, -0.05) is 33.6 Å². The van der Waals surface area contributed by atoms with E-state index in [1.807, 2.05) is 6.07 Å². The van der Waals surface area contributed by atoms with Crippen LogP contribution in [-0.2, 0) is 9.59 Å². The number of benzene rings is 2. The van der Waals surface area contributed by atoms with Gasteiger partial charge >= 0.3 is 0 Å². The fourth-order valence-electron chi connectivity index (χ4n) is 1.89. The largest absolute Gasteiger partial charge is 0.495 e. The van der Waals surface area contributed by atoms with E-state index in [2.05, 4.69) is 26.6 Å². The zero-order valence-corrected chi connectivity index (χ0v) is 14.6. The number of halogens is 2. The highest BCUT2D eigenvalue weighted by atomic mass is 79.9. The summed E-state index contributed by atoms with van der Waals surface area (Å²) in [5, 5.41) is 5.72. The Morgan fingerprint density at radius 3 is 2.57 bits per heavy atom. The van der Waals surface area contributed by atoms with E-state index in [-0.39, 0.29) is 6.42 Å². The van der Waals surface area contributed by atoms with Crippen LogP contribution in [-0.4, -0.2) is 18.9 Å². The summed E-state index contributed by atoms with van der Waals surface area (Å²) in [7, 11) is 1.48. The van der Waals surface area contributed by atoms with E-state index in [1.165, 1.54) is 7.11 Å². The maximum atomic E-state index is 12.0. The van der Waals surface area contributed by atoms with Crippen LogP contribution in [0.4, 0.5) is 11.4 Å². The fourth-order valence-corrected chi connectivity index (χ4v) is 2.46. The molecule has 0 aliphatic heterocycles. The molecule has 0 fully saturated rings. The molecule has 7 heteroatoms. The molecule has 0 aliphatic rings. The van der Waals surface area contributed by atoms with Gasteiger partial charge in [-0.25, -0.2) is 0 Å². The minimum atomic E-state index is -0.460. The minimum Gasteiger partial charge on any atom is -0.495 e. The van der Waals surface area contributed by atoms with Gasteiger partial charge in [-0.2, -0.15) is 0 Å². The molecule has 0 unspecified atom stereocenters. The summed E-state index contributed by atoms with van der Waals surface area (Å²) in [6.45, 7) is 0. The van der Waals surface area contributed by atoms with Crippen LogP contribution in [0, 0.1) is 0 Å². The maximum absolute atomic E-state index is 12.0. The van der Waals surface area contributed by atoms with E-state index in [0.29, 0.717) is 22.1 Å². The van der Waals surface area contributed by atoms with Crippen molar-refractivity contribution in [1.29, 1.82) is 0 Å². The lowest BCUT2D eigenvalue weighted by Gasteiger charge is -2.10. The van der Waals surface area contributed by atoms with Crippen molar-refractivity contribution in [2.75, 3.05) is 17.7 Å². The van der Waals surface area contributed by atoms with Gasteiger partial charge in [0, 0.05) is 15.2 Å². The van der Waals surface area contributed by atoms with Crippen LogP contribution < -0.4 is 15.4 Å². The summed E-state index contributed by atoms with van der Waals surface area (Å²) >= 11 is 9.21. The van der Waals surface area contributed by atoms with E-state index < -0.39 is 11.8 Å². The van der Waals surface area contributed by atoms with E-state index in [9.17, 15) is 9.59 Å². The van der Waals surface area contributed by atoms with Crippen LogP contribution in [0.3, 0.4) is 0 Å². The highest BCUT2D eigenvalue weighted by Gasteiger charge is 2.13. The first kappa shape index (κ1) is 17.3. The zero-order valence-electron chi connectivity index (χ0n) is 12.2. The molecule has 0 saturated carbocycles. The van der Waals surface area contributed by atoms with Gasteiger partial charge in [-0.3, -0.25) is 9.59 Å². The first-order chi connectivity index (χ1) is 11.0. The monoisotopic (exact) mass is 396 g/mol. The Bertz CT molecular complexity index is 737. The van der Waals surface area contributed by atoms with E-state index in [0.717, 1.165) is 4.47 Å². The topological polar surface area (TPSA) is 67.4 Å². The zero-order chi connectivity index (χ0) is 16.8. The lowest BCUT2D eigenvalue weighted by atomic mass is 10.2. The molecule has 5 nitrogen and oxygen atoms in total. The van der Waals surface area contributed by atoms with Crippen molar-refractivity contribution < 1.29 is 14.3 Å². The summed E-state index contributed by atoms with van der Waals surface area (Å²) in [6, 6.07) is 12.0. The van der Waals surface area contributed by atoms with Crippen LogP contribution in [0.15, 0.2) is 46.9 Å². The third-order valence-electron chi connectivity index (χ3n) is 2.87. The normalized spacial score (nSPS) is 10.0. The number of ether oxygens (including phenoxy) is 1. The van der Waals surface area contributed by atoms with Gasteiger partial charge in [0.15, 0.2) is 0 Å². The van der Waals surface area contributed by atoms with Crippen molar-refractivity contribution in [3.05, 3.63) is 52.0 Å². The number of rotatable bonds is 5. The highest BCUT2D eigenvalue weighted by molar-refractivity contribution is 9.10. The Labute approximate surface area is 147 Å². The van der Waals surface area contributed by atoms with Crippen LogP contribution in [0.1, 0.15) is 6.42 Å². The van der Waals surface area contributed by atoms with Gasteiger partial charge < -0.3 is 15.4 Å². The van der Waals surface area contributed by atoms with Crippen LogP contribution in [0.5, 0.6) is 5.75 Å². The number of hydrogen-bond acceptors (Lipinski definition) is 3. The van der Waals surface area contributed by atoms with Crippen LogP contribution >= 0.6 is 27.5 Å². The van der Waals surface area contributed by atoms with Crippen LogP contribution in [0.2, 0.25) is 5.02 Å². The second-order valence-corrected chi connectivity index (χ2v) is 5.98. The van der Waals surface area contributed by atoms with E-state index >= 15 is 0 Å². The summed E-state index contributed by atoms with van der Waals surface area (Å²) < 4.78 is 5.97. The minimum absolute atomic E-state index is 0.317. The lowest BCUT2D eigenvalue weighted by molar-refractivity contribution is -0.123. The lowest BCUT2D eigenvalue weighted by Crippen LogP contribution is -2.21. The van der Waals surface area contributed by atoms with Gasteiger partial charge in [0.05, 0.1) is 12.8 Å².